The third-order valence-electron chi connectivity index (χ3n) is 6.70. The quantitative estimate of drug-likeness (QED) is 0.195. The maximum Gasteiger partial charge on any atom is 0.225 e. The summed E-state index contributed by atoms with van der Waals surface area (Å²) in [6, 6.07) is 21.4. The smallest absolute Gasteiger partial charge is 0.225 e. The number of carbonyl (C=O) groups is 1. The maximum absolute atomic E-state index is 12.9. The summed E-state index contributed by atoms with van der Waals surface area (Å²) in [6.45, 7) is 12.1. The van der Waals surface area contributed by atoms with Gasteiger partial charge in [0.25, 0.3) is 0 Å². The Labute approximate surface area is 226 Å². The number of nitrogens with zero attached hydrogens (tertiary/aromatic N) is 1. The highest BCUT2D eigenvalue weighted by Gasteiger charge is 2.27. The largest absolute Gasteiger partial charge is 0.497 e. The van der Waals surface area contributed by atoms with Crippen LogP contribution in [0.25, 0.3) is 5.57 Å². The number of amidine groups is 2. The number of anilines is 2. The van der Waals surface area contributed by atoms with Crippen LogP contribution in [0.1, 0.15) is 55.9 Å². The van der Waals surface area contributed by atoms with Crippen molar-refractivity contribution in [2.24, 2.45) is 5.92 Å². The molecule has 0 saturated heterocycles. The molecular weight excluding hydrogens is 472 g/mol. The second-order valence-corrected chi connectivity index (χ2v) is 9.44. The van der Waals surface area contributed by atoms with Crippen LogP contribution in [0.5, 0.6) is 5.75 Å². The summed E-state index contributed by atoms with van der Waals surface area (Å²) >= 11 is 0. The molecule has 0 aliphatic heterocycles. The Morgan fingerprint density at radius 3 is 2.24 bits per heavy atom. The summed E-state index contributed by atoms with van der Waals surface area (Å²) in [6.07, 6.45) is 1.65. The number of methoxy groups -OCH3 is 1. The van der Waals surface area contributed by atoms with E-state index in [-0.39, 0.29) is 29.9 Å². The summed E-state index contributed by atoms with van der Waals surface area (Å²) in [5.74, 6) is 0.499. The number of benzene rings is 3. The number of rotatable bonds is 10. The number of ether oxygens (including phenoxy) is 1. The zero-order valence-corrected chi connectivity index (χ0v) is 23.0. The summed E-state index contributed by atoms with van der Waals surface area (Å²) in [5, 5.41) is 20.6. The number of hydrogen-bond donors (Lipinski definition) is 3. The van der Waals surface area contributed by atoms with Gasteiger partial charge in [-0.25, -0.2) is 0 Å². The van der Waals surface area contributed by atoms with Gasteiger partial charge in [0, 0.05) is 23.6 Å². The van der Waals surface area contributed by atoms with E-state index >= 15 is 0 Å². The SMILES string of the molecule is C=C(c1ccc(C)cc1)c1cc(OC)ccc1N(C(C)=N)C(=N)C(CC)CC(=O)Nc1ccc(CC)cc1. The fraction of sp³-hybridized carbons (Fsp3) is 0.281. The van der Waals surface area contributed by atoms with Crippen LogP contribution in [0.4, 0.5) is 11.4 Å². The molecule has 0 spiro atoms. The maximum atomic E-state index is 12.9. The van der Waals surface area contributed by atoms with E-state index < -0.39 is 0 Å². The Bertz CT molecular complexity index is 1310. The van der Waals surface area contributed by atoms with Gasteiger partial charge in [0.2, 0.25) is 5.91 Å². The first-order valence-corrected chi connectivity index (χ1v) is 12.9. The fourth-order valence-corrected chi connectivity index (χ4v) is 4.36. The number of amides is 1. The Balaban J connectivity index is 1.91. The van der Waals surface area contributed by atoms with E-state index in [9.17, 15) is 4.79 Å². The molecular formula is C32H38N4O2. The van der Waals surface area contributed by atoms with Gasteiger partial charge in [-0.3, -0.25) is 20.5 Å². The Morgan fingerprint density at radius 1 is 1.03 bits per heavy atom. The van der Waals surface area contributed by atoms with Crippen molar-refractivity contribution >= 4 is 34.5 Å². The van der Waals surface area contributed by atoms with Crippen molar-refractivity contribution in [3.63, 3.8) is 0 Å². The molecule has 0 aliphatic rings. The van der Waals surface area contributed by atoms with E-state index in [4.69, 9.17) is 15.6 Å². The molecule has 1 unspecified atom stereocenters. The predicted molar refractivity (Wildman–Crippen MR) is 159 cm³/mol. The van der Waals surface area contributed by atoms with Crippen LogP contribution in [0.2, 0.25) is 0 Å². The summed E-state index contributed by atoms with van der Waals surface area (Å²) in [7, 11) is 1.61. The van der Waals surface area contributed by atoms with Crippen molar-refractivity contribution in [1.29, 1.82) is 10.8 Å². The first kappa shape index (κ1) is 28.4. The van der Waals surface area contributed by atoms with Crippen molar-refractivity contribution in [2.45, 2.75) is 47.0 Å². The number of aryl methyl sites for hydroxylation is 2. The minimum absolute atomic E-state index is 0.138. The Morgan fingerprint density at radius 2 is 1.68 bits per heavy atom. The highest BCUT2D eigenvalue weighted by atomic mass is 16.5. The van der Waals surface area contributed by atoms with Crippen LogP contribution in [0.15, 0.2) is 73.3 Å². The van der Waals surface area contributed by atoms with Crippen LogP contribution in [0.3, 0.4) is 0 Å². The first-order valence-electron chi connectivity index (χ1n) is 12.9. The summed E-state index contributed by atoms with van der Waals surface area (Å²) < 4.78 is 5.49. The molecule has 3 aromatic rings. The average molecular weight is 511 g/mol. The minimum atomic E-state index is -0.382. The number of nitrogens with one attached hydrogen (secondary N) is 3. The molecule has 3 N–H and O–H groups in total. The molecule has 6 nitrogen and oxygen atoms in total. The highest BCUT2D eigenvalue weighted by Crippen LogP contribution is 2.35. The standard InChI is InChI=1S/C32H38N4O2/c1-7-24-11-15-27(16-12-24)35-31(37)19-25(8-2)32(34)36(23(5)33)30-18-17-28(38-6)20-29(30)22(4)26-13-9-21(3)10-14-26/h9-18,20,25,33-34H,4,7-8,19H2,1-3,5-6H3,(H,35,37). The van der Waals surface area contributed by atoms with Gasteiger partial charge in [0.1, 0.15) is 17.4 Å². The van der Waals surface area contributed by atoms with Crippen molar-refractivity contribution in [3.8, 4) is 5.75 Å². The lowest BCUT2D eigenvalue weighted by Crippen LogP contribution is -2.40. The fourth-order valence-electron chi connectivity index (χ4n) is 4.36. The third kappa shape index (κ3) is 6.76. The van der Waals surface area contributed by atoms with E-state index in [0.29, 0.717) is 17.9 Å². The third-order valence-corrected chi connectivity index (χ3v) is 6.70. The van der Waals surface area contributed by atoms with Gasteiger partial charge in [-0.15, -0.1) is 0 Å². The number of carbonyl (C=O) groups excluding carboxylic acids is 1. The molecule has 0 saturated carbocycles. The van der Waals surface area contributed by atoms with Gasteiger partial charge in [-0.1, -0.05) is 62.4 Å². The van der Waals surface area contributed by atoms with E-state index in [1.54, 1.807) is 18.9 Å². The first-order chi connectivity index (χ1) is 18.2. The molecule has 1 atom stereocenters. The molecule has 0 aromatic heterocycles. The van der Waals surface area contributed by atoms with E-state index in [0.717, 1.165) is 34.4 Å². The molecule has 0 fully saturated rings. The second-order valence-electron chi connectivity index (χ2n) is 9.44. The molecule has 3 aromatic carbocycles. The van der Waals surface area contributed by atoms with Crippen LogP contribution in [0, 0.1) is 23.7 Å². The predicted octanol–water partition coefficient (Wildman–Crippen LogP) is 7.46. The molecule has 6 heteroatoms. The summed E-state index contributed by atoms with van der Waals surface area (Å²) in [5.41, 5.74) is 6.22. The van der Waals surface area contributed by atoms with Crippen molar-refractivity contribution in [3.05, 3.63) is 95.6 Å². The average Bonchev–Trinajstić information content (AvgIpc) is 2.92. The lowest BCUT2D eigenvalue weighted by Gasteiger charge is -2.31. The van der Waals surface area contributed by atoms with E-state index in [1.807, 2.05) is 80.6 Å². The lowest BCUT2D eigenvalue weighted by molar-refractivity contribution is -0.116. The van der Waals surface area contributed by atoms with E-state index in [2.05, 4.69) is 18.8 Å². The topological polar surface area (TPSA) is 89.3 Å². The van der Waals surface area contributed by atoms with Crippen LogP contribution in [-0.4, -0.2) is 24.7 Å². The van der Waals surface area contributed by atoms with Gasteiger partial charge in [-0.2, -0.15) is 0 Å². The zero-order valence-electron chi connectivity index (χ0n) is 23.0. The Kier molecular flexibility index (Phi) is 9.61. The van der Waals surface area contributed by atoms with Gasteiger partial charge >= 0.3 is 0 Å². The molecule has 1 amide bonds. The van der Waals surface area contributed by atoms with Gasteiger partial charge < -0.3 is 10.1 Å². The molecule has 0 aliphatic carbocycles. The molecule has 0 bridgehead atoms. The molecule has 198 valence electrons. The van der Waals surface area contributed by atoms with Crippen LogP contribution < -0.4 is 15.0 Å². The lowest BCUT2D eigenvalue weighted by atomic mass is 9.94. The van der Waals surface area contributed by atoms with Gasteiger partial charge in [0.05, 0.1) is 12.8 Å². The van der Waals surface area contributed by atoms with E-state index in [1.165, 1.54) is 5.56 Å². The van der Waals surface area contributed by atoms with Crippen molar-refractivity contribution in [1.82, 2.24) is 0 Å². The minimum Gasteiger partial charge on any atom is -0.497 e. The van der Waals surface area contributed by atoms with Gasteiger partial charge in [0.15, 0.2) is 0 Å². The monoisotopic (exact) mass is 510 g/mol. The number of hydrogen-bond acceptors (Lipinski definition) is 4. The molecule has 0 radical (unpaired) electrons. The molecule has 0 heterocycles. The second kappa shape index (κ2) is 12.9. The molecule has 38 heavy (non-hydrogen) atoms. The van der Waals surface area contributed by atoms with Crippen LogP contribution >= 0.6 is 0 Å². The van der Waals surface area contributed by atoms with Crippen LogP contribution in [-0.2, 0) is 11.2 Å². The van der Waals surface area contributed by atoms with Crippen molar-refractivity contribution < 1.29 is 9.53 Å². The van der Waals surface area contributed by atoms with Gasteiger partial charge in [-0.05, 0) is 73.7 Å². The normalized spacial score (nSPS) is 11.4. The zero-order chi connectivity index (χ0) is 27.8. The summed E-state index contributed by atoms with van der Waals surface area (Å²) in [4.78, 5) is 14.5. The highest BCUT2D eigenvalue weighted by molar-refractivity contribution is 6.19. The Hall–Kier alpha value is -4.19. The van der Waals surface area contributed by atoms with Crippen molar-refractivity contribution in [2.75, 3.05) is 17.3 Å². The molecule has 3 rings (SSSR count).